The molecule has 1 heterocycles. The molecule has 0 aliphatic heterocycles. The number of halogens is 1. The van der Waals surface area contributed by atoms with Crippen molar-refractivity contribution in [1.29, 1.82) is 0 Å². The van der Waals surface area contributed by atoms with Gasteiger partial charge in [-0.25, -0.2) is 0 Å². The van der Waals surface area contributed by atoms with Gasteiger partial charge in [0.1, 0.15) is 11.4 Å². The van der Waals surface area contributed by atoms with Crippen molar-refractivity contribution < 1.29 is 0 Å². The molecule has 0 unspecified atom stereocenters. The van der Waals surface area contributed by atoms with Crippen molar-refractivity contribution in [3.63, 3.8) is 0 Å². The van der Waals surface area contributed by atoms with Gasteiger partial charge in [-0.2, -0.15) is 15.0 Å². The van der Waals surface area contributed by atoms with Crippen molar-refractivity contribution in [3.05, 3.63) is 70.9 Å². The third-order valence-corrected chi connectivity index (χ3v) is 4.36. The second-order valence-corrected chi connectivity index (χ2v) is 6.61. The molecule has 4 rings (SSSR count). The van der Waals surface area contributed by atoms with Crippen LogP contribution < -0.4 is 5.32 Å². The van der Waals surface area contributed by atoms with Crippen molar-refractivity contribution in [2.45, 2.75) is 32.0 Å². The Hall–Kier alpha value is -2.17. The Morgan fingerprint density at radius 2 is 1.88 bits per heavy atom. The van der Waals surface area contributed by atoms with E-state index in [9.17, 15) is 0 Å². The van der Waals surface area contributed by atoms with Crippen molar-refractivity contribution in [2.24, 2.45) is 0 Å². The van der Waals surface area contributed by atoms with E-state index in [1.54, 1.807) is 4.80 Å². The first-order chi connectivity index (χ1) is 11.8. The largest absolute Gasteiger partial charge is 0.308 e. The highest BCUT2D eigenvalue weighted by atomic mass is 35.5. The summed E-state index contributed by atoms with van der Waals surface area (Å²) < 4.78 is 0. The molecule has 1 fully saturated rings. The molecule has 1 aliphatic carbocycles. The number of rotatable bonds is 6. The molecule has 0 atom stereocenters. The van der Waals surface area contributed by atoms with Crippen molar-refractivity contribution >= 4 is 11.6 Å². The Bertz CT molecular complexity index is 824. The highest BCUT2D eigenvalue weighted by Gasteiger charge is 2.22. The highest BCUT2D eigenvalue weighted by molar-refractivity contribution is 6.30. The molecule has 0 radical (unpaired) electrons. The quantitative estimate of drug-likeness (QED) is 0.741. The van der Waals surface area contributed by atoms with E-state index >= 15 is 0 Å². The summed E-state index contributed by atoms with van der Waals surface area (Å²) in [5.41, 5.74) is 4.14. The Morgan fingerprint density at radius 3 is 2.62 bits per heavy atom. The molecule has 24 heavy (non-hydrogen) atoms. The lowest BCUT2D eigenvalue weighted by molar-refractivity contribution is 0.576. The summed E-state index contributed by atoms with van der Waals surface area (Å²) in [6.45, 7) is 1.37. The number of aromatic nitrogens is 3. The van der Waals surface area contributed by atoms with Crippen LogP contribution in [-0.4, -0.2) is 21.0 Å². The first kappa shape index (κ1) is 15.4. The molecular weight excluding hydrogens is 320 g/mol. The summed E-state index contributed by atoms with van der Waals surface area (Å²) in [7, 11) is 0. The first-order valence-corrected chi connectivity index (χ1v) is 8.63. The molecule has 4 nitrogen and oxygen atoms in total. The minimum Gasteiger partial charge on any atom is -0.308 e. The van der Waals surface area contributed by atoms with E-state index in [4.69, 9.17) is 21.8 Å². The van der Waals surface area contributed by atoms with Crippen LogP contribution in [0.2, 0.25) is 5.02 Å². The number of nitrogens with one attached hydrogen (secondary N) is 1. The van der Waals surface area contributed by atoms with Crippen LogP contribution in [0.25, 0.3) is 11.3 Å². The molecule has 1 N–H and O–H groups in total. The van der Waals surface area contributed by atoms with Crippen LogP contribution in [0, 0.1) is 0 Å². The molecule has 0 spiro atoms. The average Bonchev–Trinajstić information content (AvgIpc) is 3.34. The van der Waals surface area contributed by atoms with Gasteiger partial charge in [0.15, 0.2) is 0 Å². The van der Waals surface area contributed by atoms with Crippen LogP contribution in [0.4, 0.5) is 0 Å². The Labute approximate surface area is 146 Å². The maximum Gasteiger partial charge on any atom is 0.117 e. The molecule has 0 bridgehead atoms. The summed E-state index contributed by atoms with van der Waals surface area (Å²) in [6.07, 6.45) is 2.52. The van der Waals surface area contributed by atoms with Gasteiger partial charge in [-0.15, -0.1) is 0 Å². The third-order valence-electron chi connectivity index (χ3n) is 4.12. The summed E-state index contributed by atoms with van der Waals surface area (Å²) >= 11 is 6.07. The second kappa shape index (κ2) is 6.75. The first-order valence-electron chi connectivity index (χ1n) is 8.25. The third kappa shape index (κ3) is 3.66. The Balaban J connectivity index is 1.62. The maximum absolute atomic E-state index is 6.07. The molecule has 1 aliphatic rings. The zero-order chi connectivity index (χ0) is 16.4. The van der Waals surface area contributed by atoms with Gasteiger partial charge in [0, 0.05) is 23.2 Å². The molecule has 5 heteroatoms. The smallest absolute Gasteiger partial charge is 0.117 e. The molecule has 1 aromatic heterocycles. The van der Waals surface area contributed by atoms with Gasteiger partial charge < -0.3 is 5.32 Å². The fraction of sp³-hybridized carbons (Fsp3) is 0.263. The van der Waals surface area contributed by atoms with E-state index in [1.807, 2.05) is 42.5 Å². The maximum atomic E-state index is 6.07. The van der Waals surface area contributed by atoms with Crippen LogP contribution in [0.15, 0.2) is 54.6 Å². The molecule has 3 aromatic rings. The molecule has 122 valence electrons. The molecular formula is C19H19ClN4. The second-order valence-electron chi connectivity index (χ2n) is 6.18. The van der Waals surface area contributed by atoms with Gasteiger partial charge >= 0.3 is 0 Å². The van der Waals surface area contributed by atoms with Crippen LogP contribution in [-0.2, 0) is 13.1 Å². The summed E-state index contributed by atoms with van der Waals surface area (Å²) in [5.74, 6) is 0. The zero-order valence-electron chi connectivity index (χ0n) is 13.3. The van der Waals surface area contributed by atoms with E-state index in [0.29, 0.717) is 12.6 Å². The van der Waals surface area contributed by atoms with Gasteiger partial charge in [-0.05, 0) is 30.5 Å². The summed E-state index contributed by atoms with van der Waals surface area (Å²) in [5, 5.41) is 13.7. The Kier molecular flexibility index (Phi) is 4.32. The predicted molar refractivity (Wildman–Crippen MR) is 95.9 cm³/mol. The normalized spacial score (nSPS) is 14.0. The monoisotopic (exact) mass is 338 g/mol. The highest BCUT2D eigenvalue weighted by Crippen LogP contribution is 2.23. The molecule has 0 amide bonds. The van der Waals surface area contributed by atoms with E-state index < -0.39 is 0 Å². The van der Waals surface area contributed by atoms with Gasteiger partial charge in [-0.3, -0.25) is 0 Å². The van der Waals surface area contributed by atoms with E-state index in [0.717, 1.165) is 34.1 Å². The Morgan fingerprint density at radius 1 is 1.04 bits per heavy atom. The minimum atomic E-state index is 0.615. The number of benzene rings is 2. The van der Waals surface area contributed by atoms with Crippen molar-refractivity contribution in [2.75, 3.05) is 0 Å². The fourth-order valence-corrected chi connectivity index (χ4v) is 2.93. The number of hydrogen-bond donors (Lipinski definition) is 1. The van der Waals surface area contributed by atoms with E-state index in [-0.39, 0.29) is 0 Å². The van der Waals surface area contributed by atoms with Crippen molar-refractivity contribution in [3.8, 4) is 11.3 Å². The zero-order valence-corrected chi connectivity index (χ0v) is 14.1. The van der Waals surface area contributed by atoms with Crippen molar-refractivity contribution in [1.82, 2.24) is 20.3 Å². The lowest BCUT2D eigenvalue weighted by atomic mass is 10.1. The van der Waals surface area contributed by atoms with Crippen LogP contribution in [0.1, 0.15) is 24.1 Å². The van der Waals surface area contributed by atoms with Gasteiger partial charge in [0.05, 0.1) is 6.54 Å². The molecule has 1 saturated carbocycles. The van der Waals surface area contributed by atoms with Gasteiger partial charge in [-0.1, -0.05) is 54.1 Å². The van der Waals surface area contributed by atoms with Crippen LogP contribution in [0.3, 0.4) is 0 Å². The molecule has 2 aromatic carbocycles. The molecule has 0 saturated heterocycles. The average molecular weight is 339 g/mol. The summed E-state index contributed by atoms with van der Waals surface area (Å²) in [6, 6.07) is 18.7. The van der Waals surface area contributed by atoms with Crippen LogP contribution in [0.5, 0.6) is 0 Å². The minimum absolute atomic E-state index is 0.615. The lowest BCUT2D eigenvalue weighted by Gasteiger charge is -2.01. The standard InChI is InChI=1S/C19H19ClN4/c20-16-8-4-5-14(11-16)13-24-22-18(12-21-17-9-10-17)19(23-24)15-6-2-1-3-7-15/h1-8,11,17,21H,9-10,12-13H2. The lowest BCUT2D eigenvalue weighted by Crippen LogP contribution is -2.16. The topological polar surface area (TPSA) is 42.7 Å². The van der Waals surface area contributed by atoms with E-state index in [1.165, 1.54) is 12.8 Å². The van der Waals surface area contributed by atoms with E-state index in [2.05, 4.69) is 17.4 Å². The number of nitrogens with zero attached hydrogens (tertiary/aromatic N) is 3. The SMILES string of the molecule is Clc1cccc(Cn2nc(CNC3CC3)c(-c3ccccc3)n2)c1. The van der Waals surface area contributed by atoms with Gasteiger partial charge in [0.2, 0.25) is 0 Å². The van der Waals surface area contributed by atoms with Gasteiger partial charge in [0.25, 0.3) is 0 Å². The predicted octanol–water partition coefficient (Wildman–Crippen LogP) is 3.90. The summed E-state index contributed by atoms with van der Waals surface area (Å²) in [4.78, 5) is 1.76. The number of hydrogen-bond acceptors (Lipinski definition) is 3. The fourth-order valence-electron chi connectivity index (χ4n) is 2.72. The van der Waals surface area contributed by atoms with Crippen LogP contribution >= 0.6 is 11.6 Å².